The Labute approximate surface area is 153 Å². The molecule has 7 heteroatoms. The molecule has 0 bridgehead atoms. The molecule has 1 saturated carbocycles. The first-order valence-electron chi connectivity index (χ1n) is 9.34. The maximum Gasteiger partial charge on any atom is 0.241 e. The monoisotopic (exact) mass is 361 g/mol. The van der Waals surface area contributed by atoms with Crippen LogP contribution in [0.4, 0.5) is 5.69 Å². The van der Waals surface area contributed by atoms with Crippen molar-refractivity contribution in [3.8, 4) is 11.5 Å². The number of benzene rings is 1. The molecule has 142 valence electrons. The third kappa shape index (κ3) is 5.03. The summed E-state index contributed by atoms with van der Waals surface area (Å²) in [4.78, 5) is 23.9. The van der Waals surface area contributed by atoms with Crippen molar-refractivity contribution in [2.24, 2.45) is 11.7 Å². The van der Waals surface area contributed by atoms with Gasteiger partial charge in [0.05, 0.1) is 0 Å². The van der Waals surface area contributed by atoms with Crippen LogP contribution in [0.25, 0.3) is 0 Å². The van der Waals surface area contributed by atoms with E-state index in [0.717, 1.165) is 12.1 Å². The van der Waals surface area contributed by atoms with Gasteiger partial charge in [-0.1, -0.05) is 32.1 Å². The predicted octanol–water partition coefficient (Wildman–Crippen LogP) is 2.16. The number of nitrogens with two attached hydrogens (primary N) is 1. The van der Waals surface area contributed by atoms with Crippen LogP contribution in [0.1, 0.15) is 44.9 Å². The first-order valence-corrected chi connectivity index (χ1v) is 9.34. The number of primary amides is 1. The second-order valence-electron chi connectivity index (χ2n) is 7.01. The molecule has 1 aliphatic heterocycles. The van der Waals surface area contributed by atoms with E-state index in [-0.39, 0.29) is 19.2 Å². The van der Waals surface area contributed by atoms with Gasteiger partial charge in [0.2, 0.25) is 18.6 Å². The van der Waals surface area contributed by atoms with E-state index in [1.807, 2.05) is 6.07 Å². The van der Waals surface area contributed by atoms with Crippen LogP contribution in [0.2, 0.25) is 0 Å². The number of amides is 2. The Balaban J connectivity index is 1.45. The van der Waals surface area contributed by atoms with Gasteiger partial charge in [0, 0.05) is 24.7 Å². The highest BCUT2D eigenvalue weighted by Gasteiger charge is 2.20. The van der Waals surface area contributed by atoms with Crippen molar-refractivity contribution in [3.05, 3.63) is 18.2 Å². The lowest BCUT2D eigenvalue weighted by Gasteiger charge is -2.22. The zero-order chi connectivity index (χ0) is 18.4. The summed E-state index contributed by atoms with van der Waals surface area (Å²) in [6, 6.07) is 4.67. The van der Waals surface area contributed by atoms with E-state index in [1.165, 1.54) is 32.1 Å². The van der Waals surface area contributed by atoms with E-state index < -0.39 is 11.9 Å². The SMILES string of the molecule is NC(=O)C(CNc1ccc2c(c1)OCO2)NC(=O)CCC1CCCCC1. The number of ether oxygens (including phenoxy) is 2. The molecule has 1 aromatic rings. The fourth-order valence-electron chi connectivity index (χ4n) is 3.53. The first kappa shape index (κ1) is 18.4. The Morgan fingerprint density at radius 1 is 1.15 bits per heavy atom. The Kier molecular flexibility index (Phi) is 6.20. The maximum atomic E-state index is 12.2. The van der Waals surface area contributed by atoms with Gasteiger partial charge in [0.25, 0.3) is 0 Å². The second kappa shape index (κ2) is 8.78. The molecule has 1 aliphatic carbocycles. The van der Waals surface area contributed by atoms with Crippen LogP contribution in [-0.4, -0.2) is 31.2 Å². The van der Waals surface area contributed by atoms with E-state index in [0.29, 0.717) is 23.8 Å². The van der Waals surface area contributed by atoms with Crippen LogP contribution >= 0.6 is 0 Å². The number of hydrogen-bond acceptors (Lipinski definition) is 5. The summed E-state index contributed by atoms with van der Waals surface area (Å²) in [7, 11) is 0. The van der Waals surface area contributed by atoms with Gasteiger partial charge < -0.3 is 25.8 Å². The molecule has 26 heavy (non-hydrogen) atoms. The molecule has 3 rings (SSSR count). The molecular formula is C19H27N3O4. The summed E-state index contributed by atoms with van der Waals surface area (Å²) in [5.74, 6) is 1.31. The number of fused-ring (bicyclic) bond motifs is 1. The summed E-state index contributed by atoms with van der Waals surface area (Å²) in [5, 5.41) is 5.86. The van der Waals surface area contributed by atoms with Crippen LogP contribution < -0.4 is 25.8 Å². The van der Waals surface area contributed by atoms with Crippen molar-refractivity contribution in [1.29, 1.82) is 0 Å². The number of hydrogen-bond donors (Lipinski definition) is 3. The minimum atomic E-state index is -0.751. The maximum absolute atomic E-state index is 12.2. The Morgan fingerprint density at radius 3 is 2.69 bits per heavy atom. The van der Waals surface area contributed by atoms with Crippen LogP contribution in [0.3, 0.4) is 0 Å². The highest BCUT2D eigenvalue weighted by Crippen LogP contribution is 2.34. The highest BCUT2D eigenvalue weighted by molar-refractivity contribution is 5.87. The lowest BCUT2D eigenvalue weighted by atomic mass is 9.86. The average Bonchev–Trinajstić information content (AvgIpc) is 3.12. The molecule has 0 spiro atoms. The van der Waals surface area contributed by atoms with Gasteiger partial charge in [-0.25, -0.2) is 0 Å². The number of carbonyl (C=O) groups is 2. The van der Waals surface area contributed by atoms with E-state index in [9.17, 15) is 9.59 Å². The molecular weight excluding hydrogens is 334 g/mol. The Bertz CT molecular complexity index is 644. The largest absolute Gasteiger partial charge is 0.454 e. The third-order valence-electron chi connectivity index (χ3n) is 5.07. The number of carbonyl (C=O) groups excluding carboxylic acids is 2. The highest BCUT2D eigenvalue weighted by atomic mass is 16.7. The van der Waals surface area contributed by atoms with Crippen molar-refractivity contribution in [2.75, 3.05) is 18.7 Å². The van der Waals surface area contributed by atoms with Crippen molar-refractivity contribution in [3.63, 3.8) is 0 Å². The van der Waals surface area contributed by atoms with Gasteiger partial charge in [-0.05, 0) is 24.5 Å². The summed E-state index contributed by atoms with van der Waals surface area (Å²) < 4.78 is 10.6. The fourth-order valence-corrected chi connectivity index (χ4v) is 3.53. The topological polar surface area (TPSA) is 103 Å². The number of nitrogens with one attached hydrogen (secondary N) is 2. The number of anilines is 1. The third-order valence-corrected chi connectivity index (χ3v) is 5.07. The normalized spacial score (nSPS) is 17.5. The quantitative estimate of drug-likeness (QED) is 0.658. The van der Waals surface area contributed by atoms with Gasteiger partial charge in [0.1, 0.15) is 6.04 Å². The molecule has 0 saturated heterocycles. The van der Waals surface area contributed by atoms with Crippen LogP contribution in [0.15, 0.2) is 18.2 Å². The zero-order valence-electron chi connectivity index (χ0n) is 15.0. The van der Waals surface area contributed by atoms with Gasteiger partial charge in [0.15, 0.2) is 11.5 Å². The molecule has 1 atom stereocenters. The standard InChI is InChI=1S/C19H27N3O4/c20-19(24)15(22-18(23)9-6-13-4-2-1-3-5-13)11-21-14-7-8-16-17(10-14)26-12-25-16/h7-8,10,13,15,21H,1-6,9,11-12H2,(H2,20,24)(H,22,23). The molecule has 0 aromatic heterocycles. The van der Waals surface area contributed by atoms with Crippen LogP contribution in [-0.2, 0) is 9.59 Å². The Morgan fingerprint density at radius 2 is 1.92 bits per heavy atom. The molecule has 7 nitrogen and oxygen atoms in total. The van der Waals surface area contributed by atoms with Crippen molar-refractivity contribution in [2.45, 2.75) is 51.0 Å². The smallest absolute Gasteiger partial charge is 0.241 e. The summed E-state index contributed by atoms with van der Waals surface area (Å²) in [5.41, 5.74) is 6.21. The van der Waals surface area contributed by atoms with Crippen LogP contribution in [0, 0.1) is 5.92 Å². The Hall–Kier alpha value is -2.44. The minimum Gasteiger partial charge on any atom is -0.454 e. The van der Waals surface area contributed by atoms with Gasteiger partial charge in [-0.3, -0.25) is 9.59 Å². The van der Waals surface area contributed by atoms with Gasteiger partial charge in [-0.2, -0.15) is 0 Å². The first-order chi connectivity index (χ1) is 12.6. The van der Waals surface area contributed by atoms with Crippen molar-refractivity contribution in [1.82, 2.24) is 5.32 Å². The van der Waals surface area contributed by atoms with E-state index in [2.05, 4.69) is 10.6 Å². The predicted molar refractivity (Wildman–Crippen MR) is 98.0 cm³/mol. The van der Waals surface area contributed by atoms with E-state index in [4.69, 9.17) is 15.2 Å². The average molecular weight is 361 g/mol. The van der Waals surface area contributed by atoms with E-state index >= 15 is 0 Å². The molecule has 2 amide bonds. The number of rotatable bonds is 8. The second-order valence-corrected chi connectivity index (χ2v) is 7.01. The fraction of sp³-hybridized carbons (Fsp3) is 0.579. The van der Waals surface area contributed by atoms with E-state index in [1.54, 1.807) is 12.1 Å². The summed E-state index contributed by atoms with van der Waals surface area (Å²) >= 11 is 0. The lowest BCUT2D eigenvalue weighted by molar-refractivity contribution is -0.127. The van der Waals surface area contributed by atoms with Gasteiger partial charge >= 0.3 is 0 Å². The minimum absolute atomic E-state index is 0.119. The van der Waals surface area contributed by atoms with Crippen molar-refractivity contribution >= 4 is 17.5 Å². The molecule has 0 radical (unpaired) electrons. The lowest BCUT2D eigenvalue weighted by Crippen LogP contribution is -2.48. The van der Waals surface area contributed by atoms with Crippen molar-refractivity contribution < 1.29 is 19.1 Å². The molecule has 1 aromatic carbocycles. The molecule has 1 unspecified atom stereocenters. The molecule has 1 fully saturated rings. The molecule has 1 heterocycles. The van der Waals surface area contributed by atoms with Crippen LogP contribution in [0.5, 0.6) is 11.5 Å². The zero-order valence-corrected chi connectivity index (χ0v) is 15.0. The molecule has 4 N–H and O–H groups in total. The summed E-state index contributed by atoms with van der Waals surface area (Å²) in [6.07, 6.45) is 7.56. The summed E-state index contributed by atoms with van der Waals surface area (Å²) in [6.45, 7) is 0.434. The van der Waals surface area contributed by atoms with Gasteiger partial charge in [-0.15, -0.1) is 0 Å². The molecule has 2 aliphatic rings.